The zero-order valence-electron chi connectivity index (χ0n) is 7.55. The maximum atomic E-state index is 9.70. The Morgan fingerprint density at radius 1 is 1.38 bits per heavy atom. The van der Waals surface area contributed by atoms with Crippen LogP contribution < -0.4 is 0 Å². The molecule has 0 aromatic heterocycles. The summed E-state index contributed by atoms with van der Waals surface area (Å²) < 4.78 is 0. The second-order valence-electron chi connectivity index (χ2n) is 3.31. The van der Waals surface area contributed by atoms with Gasteiger partial charge in [0, 0.05) is 5.72 Å². The second kappa shape index (κ2) is 3.04. The first kappa shape index (κ1) is 10.6. The van der Waals surface area contributed by atoms with Crippen LogP contribution in [0.2, 0.25) is 0 Å². The van der Waals surface area contributed by atoms with E-state index in [2.05, 4.69) is 5.32 Å². The van der Waals surface area contributed by atoms with Gasteiger partial charge in [-0.05, 0) is 6.92 Å². The third kappa shape index (κ3) is 1.38. The van der Waals surface area contributed by atoms with Crippen molar-refractivity contribution in [1.29, 1.82) is 0 Å². The fourth-order valence-corrected chi connectivity index (χ4v) is 1.34. The molecule has 0 amide bonds. The third-order valence-corrected chi connectivity index (χ3v) is 2.46. The average molecular weight is 188 g/mol. The van der Waals surface area contributed by atoms with E-state index in [4.69, 9.17) is 0 Å². The summed E-state index contributed by atoms with van der Waals surface area (Å²) in [6, 6.07) is 0. The summed E-state index contributed by atoms with van der Waals surface area (Å²) in [5, 5.41) is 41.5. The van der Waals surface area contributed by atoms with Crippen molar-refractivity contribution in [3.63, 3.8) is 0 Å². The Bertz CT molecular complexity index is 230. The van der Waals surface area contributed by atoms with Crippen LogP contribution in [0.25, 0.3) is 5.32 Å². The van der Waals surface area contributed by atoms with Crippen LogP contribution in [-0.2, 0) is 0 Å². The molecule has 4 atom stereocenters. The highest BCUT2D eigenvalue weighted by molar-refractivity contribution is 5.31. The van der Waals surface area contributed by atoms with Crippen molar-refractivity contribution >= 4 is 0 Å². The number of likely N-dealkylation sites (N-methyl/N-ethyl adjacent to an activating group) is 1. The SMILES string of the molecule is C[N-]C1(O)C=CC(O)(C(C)O)C1O. The minimum absolute atomic E-state index is 1.16. The van der Waals surface area contributed by atoms with Crippen LogP contribution in [-0.4, -0.2) is 51.0 Å². The number of nitrogens with zero attached hydrogens (tertiary/aromatic N) is 1. The molecule has 0 aliphatic heterocycles. The predicted octanol–water partition coefficient (Wildman–Crippen LogP) is -1.28. The van der Waals surface area contributed by atoms with E-state index in [1.165, 1.54) is 20.0 Å². The highest BCUT2D eigenvalue weighted by Crippen LogP contribution is 2.36. The molecule has 1 aliphatic carbocycles. The van der Waals surface area contributed by atoms with Gasteiger partial charge in [-0.25, -0.2) is 0 Å². The molecule has 0 fully saturated rings. The van der Waals surface area contributed by atoms with Crippen LogP contribution in [0.5, 0.6) is 0 Å². The lowest BCUT2D eigenvalue weighted by Gasteiger charge is -2.42. The van der Waals surface area contributed by atoms with Gasteiger partial charge in [-0.1, -0.05) is 12.2 Å². The highest BCUT2D eigenvalue weighted by Gasteiger charge is 2.48. The highest BCUT2D eigenvalue weighted by atomic mass is 16.4. The van der Waals surface area contributed by atoms with E-state index in [0.29, 0.717) is 0 Å². The molecule has 4 unspecified atom stereocenters. The van der Waals surface area contributed by atoms with Crippen molar-refractivity contribution in [2.24, 2.45) is 0 Å². The summed E-state index contributed by atoms with van der Waals surface area (Å²) in [6.07, 6.45) is -0.376. The van der Waals surface area contributed by atoms with Crippen LogP contribution in [0.15, 0.2) is 12.2 Å². The van der Waals surface area contributed by atoms with Gasteiger partial charge < -0.3 is 25.7 Å². The van der Waals surface area contributed by atoms with E-state index in [1.54, 1.807) is 0 Å². The lowest BCUT2D eigenvalue weighted by Crippen LogP contribution is -2.55. The van der Waals surface area contributed by atoms with Crippen molar-refractivity contribution in [2.75, 3.05) is 7.05 Å². The summed E-state index contributed by atoms with van der Waals surface area (Å²) >= 11 is 0. The fraction of sp³-hybridized carbons (Fsp3) is 0.750. The molecule has 0 bridgehead atoms. The van der Waals surface area contributed by atoms with E-state index < -0.39 is 23.5 Å². The van der Waals surface area contributed by atoms with Gasteiger partial charge in [0.15, 0.2) is 0 Å². The summed E-state index contributed by atoms with van der Waals surface area (Å²) in [5.74, 6) is 0. The van der Waals surface area contributed by atoms with Crippen LogP contribution in [0.1, 0.15) is 6.92 Å². The molecule has 0 spiro atoms. The normalized spacial score (nSPS) is 46.8. The van der Waals surface area contributed by atoms with Gasteiger partial charge in [0.2, 0.25) is 0 Å². The first-order valence-electron chi connectivity index (χ1n) is 3.99. The zero-order valence-corrected chi connectivity index (χ0v) is 7.55. The van der Waals surface area contributed by atoms with Gasteiger partial charge in [-0.3, -0.25) is 0 Å². The van der Waals surface area contributed by atoms with Gasteiger partial charge in [0.25, 0.3) is 0 Å². The van der Waals surface area contributed by atoms with Crippen LogP contribution in [0.4, 0.5) is 0 Å². The molecule has 13 heavy (non-hydrogen) atoms. The number of rotatable bonds is 2. The molecular weight excluding hydrogens is 174 g/mol. The smallest absolute Gasteiger partial charge is 0.135 e. The molecule has 0 saturated carbocycles. The third-order valence-electron chi connectivity index (χ3n) is 2.46. The second-order valence-corrected chi connectivity index (χ2v) is 3.31. The molecule has 0 aromatic rings. The van der Waals surface area contributed by atoms with E-state index in [9.17, 15) is 20.4 Å². The standard InChI is InChI=1S/C8H14NO4/c1-5(10)7(12)3-4-8(13,9-2)6(7)11/h3-6,10-13H,1-2H3/q-1. The first-order chi connectivity index (χ1) is 5.87. The van der Waals surface area contributed by atoms with Crippen LogP contribution >= 0.6 is 0 Å². The van der Waals surface area contributed by atoms with E-state index >= 15 is 0 Å². The molecule has 0 saturated heterocycles. The Kier molecular flexibility index (Phi) is 2.48. The number of hydrogen-bond donors (Lipinski definition) is 4. The molecular formula is C8H14NO4-. The van der Waals surface area contributed by atoms with Crippen molar-refractivity contribution in [3.05, 3.63) is 17.5 Å². The largest absolute Gasteiger partial charge is 0.631 e. The van der Waals surface area contributed by atoms with Crippen molar-refractivity contribution < 1.29 is 20.4 Å². The summed E-state index contributed by atoms with van der Waals surface area (Å²) in [7, 11) is 1.32. The molecule has 4 N–H and O–H groups in total. The number of hydrogen-bond acceptors (Lipinski definition) is 4. The van der Waals surface area contributed by atoms with Crippen molar-refractivity contribution in [2.45, 2.75) is 30.5 Å². The Labute approximate surface area is 76.3 Å². The molecule has 0 radical (unpaired) electrons. The number of aliphatic hydroxyl groups excluding tert-OH is 2. The van der Waals surface area contributed by atoms with Gasteiger partial charge in [-0.15, -0.1) is 0 Å². The maximum absolute atomic E-state index is 9.70. The van der Waals surface area contributed by atoms with Crippen LogP contribution in [0, 0.1) is 0 Å². The summed E-state index contributed by atoms with van der Waals surface area (Å²) in [5.41, 5.74) is -3.62. The minimum Gasteiger partial charge on any atom is -0.631 e. The lowest BCUT2D eigenvalue weighted by atomic mass is 9.92. The van der Waals surface area contributed by atoms with Gasteiger partial charge >= 0.3 is 0 Å². The van der Waals surface area contributed by atoms with Crippen molar-refractivity contribution in [1.82, 2.24) is 0 Å². The lowest BCUT2D eigenvalue weighted by molar-refractivity contribution is -0.145. The van der Waals surface area contributed by atoms with Gasteiger partial charge in [0.1, 0.15) is 11.7 Å². The quantitative estimate of drug-likeness (QED) is 0.406. The van der Waals surface area contributed by atoms with Crippen molar-refractivity contribution in [3.8, 4) is 0 Å². The molecule has 0 aromatic carbocycles. The van der Waals surface area contributed by atoms with Gasteiger partial charge in [-0.2, -0.15) is 7.05 Å². The topological polar surface area (TPSA) is 95.0 Å². The average Bonchev–Trinajstić information content (AvgIpc) is 2.32. The van der Waals surface area contributed by atoms with E-state index in [0.717, 1.165) is 6.08 Å². The monoisotopic (exact) mass is 188 g/mol. The van der Waals surface area contributed by atoms with Crippen LogP contribution in [0.3, 0.4) is 0 Å². The first-order valence-corrected chi connectivity index (χ1v) is 3.99. The van der Waals surface area contributed by atoms with E-state index in [1.807, 2.05) is 0 Å². The molecule has 76 valence electrons. The van der Waals surface area contributed by atoms with Gasteiger partial charge in [0.05, 0.1) is 6.10 Å². The number of aliphatic hydroxyl groups is 4. The minimum atomic E-state index is -1.83. The Morgan fingerprint density at radius 3 is 2.15 bits per heavy atom. The Balaban J connectivity index is 2.94. The summed E-state index contributed by atoms with van der Waals surface area (Å²) in [4.78, 5) is 0. The Hall–Kier alpha value is -0.460. The molecule has 0 heterocycles. The molecule has 1 rings (SSSR count). The maximum Gasteiger partial charge on any atom is 0.135 e. The predicted molar refractivity (Wildman–Crippen MR) is 46.0 cm³/mol. The molecule has 1 aliphatic rings. The molecule has 5 nitrogen and oxygen atoms in total. The zero-order chi connectivity index (χ0) is 10.3. The Morgan fingerprint density at radius 2 is 1.92 bits per heavy atom. The molecule has 5 heteroatoms. The fourth-order valence-electron chi connectivity index (χ4n) is 1.34. The summed E-state index contributed by atoms with van der Waals surface area (Å²) in [6.45, 7) is 1.33. The van der Waals surface area contributed by atoms with E-state index in [-0.39, 0.29) is 0 Å².